The molecule has 0 saturated heterocycles. The summed E-state index contributed by atoms with van der Waals surface area (Å²) in [4.78, 5) is 0. The number of fused-ring (bicyclic) bond motifs is 1. The molecule has 0 radical (unpaired) electrons. The van der Waals surface area contributed by atoms with Gasteiger partial charge in [-0.1, -0.05) is 23.3 Å². The second kappa shape index (κ2) is 4.73. The number of hydrogen-bond acceptors (Lipinski definition) is 1. The lowest BCUT2D eigenvalue weighted by atomic mass is 9.98. The average Bonchev–Trinajstić information content (AvgIpc) is 2.57. The minimum absolute atomic E-state index is 0.968. The van der Waals surface area contributed by atoms with Crippen LogP contribution in [-0.2, 0) is 12.8 Å². The Labute approximate surface area is 97.9 Å². The summed E-state index contributed by atoms with van der Waals surface area (Å²) in [6, 6.07) is 0. The van der Waals surface area contributed by atoms with Gasteiger partial charge in [-0.15, -0.1) is 0 Å². The van der Waals surface area contributed by atoms with Crippen molar-refractivity contribution in [2.75, 3.05) is 0 Å². The maximum atomic E-state index is 5.65. The number of hydrogen-bond donors (Lipinski definition) is 0. The van der Waals surface area contributed by atoms with E-state index in [1.165, 1.54) is 28.7 Å². The second-order valence-corrected chi connectivity index (χ2v) is 4.84. The monoisotopic (exact) mass is 216 g/mol. The average molecular weight is 216 g/mol. The molecule has 0 aromatic carbocycles. The van der Waals surface area contributed by atoms with Crippen molar-refractivity contribution in [3.8, 4) is 0 Å². The second-order valence-electron chi connectivity index (χ2n) is 4.84. The molecular weight excluding hydrogens is 196 g/mol. The minimum Gasteiger partial charge on any atom is -0.468 e. The summed E-state index contributed by atoms with van der Waals surface area (Å²) in [5, 5.41) is 0. The Balaban J connectivity index is 2.36. The number of allylic oxidation sites excluding steroid dienone is 4. The first kappa shape index (κ1) is 11.3. The van der Waals surface area contributed by atoms with Crippen molar-refractivity contribution in [2.45, 2.75) is 46.5 Å². The highest BCUT2D eigenvalue weighted by atomic mass is 16.3. The van der Waals surface area contributed by atoms with Crippen molar-refractivity contribution in [2.24, 2.45) is 0 Å². The highest BCUT2D eigenvalue weighted by molar-refractivity contribution is 5.32. The molecule has 16 heavy (non-hydrogen) atoms. The molecule has 1 heteroatoms. The molecule has 0 aliphatic heterocycles. The summed E-state index contributed by atoms with van der Waals surface area (Å²) < 4.78 is 5.65. The first-order chi connectivity index (χ1) is 7.66. The van der Waals surface area contributed by atoms with E-state index in [0.717, 1.165) is 25.0 Å². The molecule has 1 aliphatic carbocycles. The normalized spacial score (nSPS) is 20.7. The van der Waals surface area contributed by atoms with Gasteiger partial charge in [0.25, 0.3) is 0 Å². The predicted molar refractivity (Wildman–Crippen MR) is 67.6 cm³/mol. The van der Waals surface area contributed by atoms with Gasteiger partial charge >= 0.3 is 0 Å². The molecule has 1 aromatic rings. The van der Waals surface area contributed by atoms with Gasteiger partial charge in [-0.05, 0) is 45.6 Å². The number of aryl methyl sites for hydroxylation is 1. The van der Waals surface area contributed by atoms with Crippen LogP contribution in [0.1, 0.15) is 43.6 Å². The van der Waals surface area contributed by atoms with Gasteiger partial charge in [0.15, 0.2) is 0 Å². The summed E-state index contributed by atoms with van der Waals surface area (Å²) in [5.41, 5.74) is 5.57. The molecule has 0 N–H and O–H groups in total. The third kappa shape index (κ3) is 2.46. The highest BCUT2D eigenvalue weighted by Gasteiger charge is 2.11. The van der Waals surface area contributed by atoms with Gasteiger partial charge in [0.1, 0.15) is 5.76 Å². The van der Waals surface area contributed by atoms with Crippen molar-refractivity contribution >= 4 is 0 Å². The van der Waals surface area contributed by atoms with Gasteiger partial charge in [-0.25, -0.2) is 0 Å². The predicted octanol–water partition coefficient (Wildman–Crippen LogP) is 4.36. The fraction of sp³-hybridized carbons (Fsp3) is 0.467. The highest BCUT2D eigenvalue weighted by Crippen LogP contribution is 2.23. The van der Waals surface area contributed by atoms with Crippen molar-refractivity contribution < 1.29 is 4.42 Å². The van der Waals surface area contributed by atoms with E-state index in [4.69, 9.17) is 4.42 Å². The van der Waals surface area contributed by atoms with Gasteiger partial charge in [-0.2, -0.15) is 0 Å². The van der Waals surface area contributed by atoms with Crippen molar-refractivity contribution in [3.05, 3.63) is 46.4 Å². The van der Waals surface area contributed by atoms with Crippen molar-refractivity contribution in [1.29, 1.82) is 0 Å². The van der Waals surface area contributed by atoms with E-state index in [9.17, 15) is 0 Å². The summed E-state index contributed by atoms with van der Waals surface area (Å²) in [7, 11) is 0. The van der Waals surface area contributed by atoms with Crippen LogP contribution < -0.4 is 0 Å². The van der Waals surface area contributed by atoms with Crippen LogP contribution >= 0.6 is 0 Å². The summed E-state index contributed by atoms with van der Waals surface area (Å²) >= 11 is 0. The van der Waals surface area contributed by atoms with Crippen LogP contribution in [0.15, 0.2) is 34.0 Å². The molecule has 1 heterocycles. The van der Waals surface area contributed by atoms with Gasteiger partial charge < -0.3 is 4.42 Å². The molecule has 86 valence electrons. The fourth-order valence-electron chi connectivity index (χ4n) is 2.19. The third-order valence-electron chi connectivity index (χ3n) is 3.32. The van der Waals surface area contributed by atoms with Crippen LogP contribution in [0.4, 0.5) is 0 Å². The van der Waals surface area contributed by atoms with Gasteiger partial charge in [-0.3, -0.25) is 0 Å². The van der Waals surface area contributed by atoms with E-state index in [0.29, 0.717) is 0 Å². The molecule has 0 atom stereocenters. The quantitative estimate of drug-likeness (QED) is 0.587. The molecule has 1 nitrogen and oxygen atoms in total. The Morgan fingerprint density at radius 1 is 1.06 bits per heavy atom. The van der Waals surface area contributed by atoms with E-state index in [2.05, 4.69) is 32.9 Å². The number of furan rings is 1. The first-order valence-electron chi connectivity index (χ1n) is 6.04. The summed E-state index contributed by atoms with van der Waals surface area (Å²) in [6.45, 7) is 6.55. The van der Waals surface area contributed by atoms with Crippen molar-refractivity contribution in [1.82, 2.24) is 0 Å². The molecule has 0 bridgehead atoms. The van der Waals surface area contributed by atoms with E-state index in [1.807, 2.05) is 6.26 Å². The number of rotatable bonds is 0. The van der Waals surface area contributed by atoms with E-state index >= 15 is 0 Å². The minimum atomic E-state index is 0.968. The SMILES string of the molecule is CC1=CCc2c(C)coc2C/C(C)=C/CC1. The van der Waals surface area contributed by atoms with E-state index in [1.54, 1.807) is 0 Å². The Hall–Kier alpha value is -1.24. The van der Waals surface area contributed by atoms with Gasteiger partial charge in [0.2, 0.25) is 0 Å². The maximum absolute atomic E-state index is 5.65. The Morgan fingerprint density at radius 3 is 2.69 bits per heavy atom. The third-order valence-corrected chi connectivity index (χ3v) is 3.32. The zero-order valence-corrected chi connectivity index (χ0v) is 10.5. The van der Waals surface area contributed by atoms with Crippen LogP contribution in [0, 0.1) is 6.92 Å². The molecule has 1 aromatic heterocycles. The summed E-state index contributed by atoms with van der Waals surface area (Å²) in [6.07, 6.45) is 10.9. The Kier molecular flexibility index (Phi) is 3.33. The topological polar surface area (TPSA) is 13.1 Å². The zero-order valence-electron chi connectivity index (χ0n) is 10.5. The molecular formula is C15H20O. The molecule has 0 amide bonds. The standard InChI is InChI=1S/C15H20O/c1-11-5-4-6-12(2)9-15-14(8-7-11)13(3)10-16-15/h6-7,10H,4-5,8-9H2,1-3H3/b11-7?,12-6+. The molecule has 0 saturated carbocycles. The molecule has 1 aliphatic rings. The molecule has 0 fully saturated rings. The van der Waals surface area contributed by atoms with Gasteiger partial charge in [0.05, 0.1) is 6.26 Å². The van der Waals surface area contributed by atoms with Crippen LogP contribution in [0.3, 0.4) is 0 Å². The van der Waals surface area contributed by atoms with Crippen LogP contribution in [0.25, 0.3) is 0 Å². The maximum Gasteiger partial charge on any atom is 0.111 e. The van der Waals surface area contributed by atoms with E-state index in [-0.39, 0.29) is 0 Å². The van der Waals surface area contributed by atoms with Crippen LogP contribution in [0.2, 0.25) is 0 Å². The van der Waals surface area contributed by atoms with E-state index < -0.39 is 0 Å². The Bertz CT molecular complexity index is 432. The van der Waals surface area contributed by atoms with Crippen LogP contribution in [0.5, 0.6) is 0 Å². The largest absolute Gasteiger partial charge is 0.468 e. The lowest BCUT2D eigenvalue weighted by Crippen LogP contribution is -1.95. The summed E-state index contributed by atoms with van der Waals surface area (Å²) in [5.74, 6) is 1.15. The fourth-order valence-corrected chi connectivity index (χ4v) is 2.19. The molecule has 0 unspecified atom stereocenters. The first-order valence-corrected chi connectivity index (χ1v) is 6.04. The molecule has 0 spiro atoms. The van der Waals surface area contributed by atoms with Gasteiger partial charge in [0, 0.05) is 12.0 Å². The Morgan fingerprint density at radius 2 is 1.88 bits per heavy atom. The lowest BCUT2D eigenvalue weighted by Gasteiger charge is -2.07. The zero-order chi connectivity index (χ0) is 11.5. The smallest absolute Gasteiger partial charge is 0.111 e. The van der Waals surface area contributed by atoms with Crippen LogP contribution in [-0.4, -0.2) is 0 Å². The lowest BCUT2D eigenvalue weighted by molar-refractivity contribution is 0.514. The molecule has 2 rings (SSSR count). The van der Waals surface area contributed by atoms with Crippen molar-refractivity contribution in [3.63, 3.8) is 0 Å².